The number of allylic oxidation sites excluding steroid dienone is 4. The van der Waals surface area contributed by atoms with Gasteiger partial charge in [0.25, 0.3) is 0 Å². The number of aromatic nitrogens is 9. The molecule has 15 nitrogen and oxygen atoms in total. The molecule has 23 aromatic rings. The van der Waals surface area contributed by atoms with Crippen LogP contribution in [-0.4, -0.2) is 66.6 Å². The van der Waals surface area contributed by atoms with Crippen LogP contribution >= 0.6 is 0 Å². The fourth-order valence-corrected chi connectivity index (χ4v) is 14.7. The van der Waals surface area contributed by atoms with Gasteiger partial charge in [-0.3, -0.25) is 23.9 Å². The second kappa shape index (κ2) is 60.5. The largest absolute Gasteiger partial charge is 0.512 e. The van der Waals surface area contributed by atoms with Crippen LogP contribution in [0.15, 0.2) is 464 Å². The molecule has 0 aliphatic carbocycles. The molecule has 0 atom stereocenters. The SMILES string of the molecule is CC(=O)C=C(C)O.CC(=O)C=C(C)O.Cc1cc(-c2ccccn2)[c-]c2ccccc12.Cc1cc(-c2nccc3ccccc23)[c-]cc1F.Cc1ccnc(-c2[c-]ccc3c2oc2ccccc23)c1.[Ir].[Ir].[Ir].[Ir].[Ir].[c-]1ccc2c(oc3ccccc32)c1-c1ccccn1.[c-]1ccccc1-c1cc(-c2ccccn2)ccn1.[c-]1ccccc1-c1ccccn1.[c-]1ccccc1-c1ccccn1.[c-]1ccccc1-c1ccccn1. The summed E-state index contributed by atoms with van der Waals surface area (Å²) in [6.07, 6.45) is 18.5. The second-order valence-electron chi connectivity index (χ2n) is 31.9. The quantitative estimate of drug-likeness (QED) is 0.0699. The Labute approximate surface area is 923 Å². The minimum absolute atomic E-state index is 0. The molecule has 23 rings (SSSR count). The number of pyridine rings is 9. The maximum Gasteiger partial charge on any atom is 0.155 e. The van der Waals surface area contributed by atoms with Crippen LogP contribution in [0.1, 0.15) is 44.4 Å². The topological polar surface area (TPSA) is 217 Å². The molecule has 0 spiro atoms. The first kappa shape index (κ1) is 115. The maximum absolute atomic E-state index is 13.3. The van der Waals surface area contributed by atoms with Gasteiger partial charge in [0.1, 0.15) is 11.2 Å². The summed E-state index contributed by atoms with van der Waals surface area (Å²) in [6.45, 7) is 11.6. The Balaban J connectivity index is 0.000000183. The second-order valence-corrected chi connectivity index (χ2v) is 31.9. The molecule has 0 aliphatic heterocycles. The van der Waals surface area contributed by atoms with Gasteiger partial charge in [0.05, 0.1) is 28.4 Å². The number of hydrogen-bond acceptors (Lipinski definition) is 15. The predicted molar refractivity (Wildman–Crippen MR) is 569 cm³/mol. The number of carbonyl (C=O) groups is 2. The number of fused-ring (bicyclic) bond motifs is 8. The Bertz CT molecular complexity index is 7680. The molecule has 11 aromatic heterocycles. The van der Waals surface area contributed by atoms with Gasteiger partial charge >= 0.3 is 0 Å². The molecular formula is C126H96FIr5N9O6-8. The van der Waals surface area contributed by atoms with Crippen molar-refractivity contribution in [3.8, 4) is 101 Å². The first-order valence-corrected chi connectivity index (χ1v) is 45.5. The molecule has 2 N–H and O–H groups in total. The van der Waals surface area contributed by atoms with Crippen molar-refractivity contribution in [2.24, 2.45) is 0 Å². The summed E-state index contributed by atoms with van der Waals surface area (Å²) in [5, 5.41) is 25.8. The number of rotatable bonds is 11. The van der Waals surface area contributed by atoms with Crippen LogP contribution in [0.25, 0.3) is 167 Å². The molecule has 147 heavy (non-hydrogen) atoms. The molecule has 12 aromatic carbocycles. The van der Waals surface area contributed by atoms with Crippen LogP contribution in [0.5, 0.6) is 0 Å². The summed E-state index contributed by atoms with van der Waals surface area (Å²) in [5.41, 5.74) is 23.8. The zero-order chi connectivity index (χ0) is 99.0. The van der Waals surface area contributed by atoms with Crippen molar-refractivity contribution in [3.63, 3.8) is 0 Å². The number of aliphatic hydroxyl groups is 2. The zero-order valence-electron chi connectivity index (χ0n) is 80.7. The average molecular weight is 2810 g/mol. The standard InChI is InChI=1S/C18H12NO.C17H10NO.C16H11FN.C16H11N2.C16H12N.3C11H8N.2C5H8O2.5Ir/c1-12-9-10-19-16(11-12)15-7-4-6-14-13-5-2-3-8-17(13)20-18(14)15;1-2-10-16-12(6-1)13-7-5-8-14(17(13)19-16)15-9-3-4-11-18-15;1-11-10-13(6-7-15(11)17)16-14-5-3-2-4-12(14)8-9-18-16;1-2-6-13(7-3-1)16-12-14(9-11-18-16)15-8-4-5-10-17-15;1-12-10-14(16-8-4-5-9-17-16)11-13-6-2-3-7-15(12)13;3*1-2-6-10(7-3-1)11-8-4-5-9-12-11;2*1-4(6)3-5(2)7;;;;;/h2-6,8-11H,1H3;1-7,9-11H;2-5,7-10H,1H3;1-6,8-12H;2-10H,1H3;3*1-6,8-9H;2*3,6H,1-2H3;;;;;/q8*-1;;;;;;;. The van der Waals surface area contributed by atoms with Crippen molar-refractivity contribution in [2.45, 2.75) is 48.5 Å². The van der Waals surface area contributed by atoms with Crippen LogP contribution < -0.4 is 0 Å². The van der Waals surface area contributed by atoms with Crippen molar-refractivity contribution in [2.75, 3.05) is 0 Å². The Morgan fingerprint density at radius 1 is 0.293 bits per heavy atom. The van der Waals surface area contributed by atoms with Crippen molar-refractivity contribution in [1.82, 2.24) is 44.9 Å². The minimum atomic E-state index is -0.237. The monoisotopic (exact) mass is 2810 g/mol. The van der Waals surface area contributed by atoms with E-state index in [-0.39, 0.29) is 129 Å². The third kappa shape index (κ3) is 34.2. The summed E-state index contributed by atoms with van der Waals surface area (Å²) in [5.74, 6) is -0.362. The van der Waals surface area contributed by atoms with E-state index in [9.17, 15) is 14.0 Å². The Kier molecular flexibility index (Phi) is 47.4. The number of hydrogen-bond donors (Lipinski definition) is 2. The number of furan rings is 2. The Morgan fingerprint density at radius 2 is 0.660 bits per heavy atom. The first-order chi connectivity index (χ1) is 69.4. The number of carbonyl (C=O) groups excluding carboxylic acids is 2. The summed E-state index contributed by atoms with van der Waals surface area (Å²) in [4.78, 5) is 59.0. The third-order valence-electron chi connectivity index (χ3n) is 21.2. The normalized spacial score (nSPS) is 10.2. The van der Waals surface area contributed by atoms with Gasteiger partial charge in [0, 0.05) is 191 Å². The van der Waals surface area contributed by atoms with Crippen molar-refractivity contribution < 1.29 is 134 Å². The van der Waals surface area contributed by atoms with E-state index in [0.29, 0.717) is 5.56 Å². The number of ketones is 2. The molecular weight excluding hydrogens is 2720 g/mol. The molecule has 0 bridgehead atoms. The summed E-state index contributed by atoms with van der Waals surface area (Å²) in [7, 11) is 0. The van der Waals surface area contributed by atoms with Gasteiger partial charge in [0.15, 0.2) is 11.6 Å². The fraction of sp³-hybridized carbons (Fsp3) is 0.0556. The van der Waals surface area contributed by atoms with E-state index in [1.165, 1.54) is 62.4 Å². The van der Waals surface area contributed by atoms with Gasteiger partial charge in [0.2, 0.25) is 0 Å². The van der Waals surface area contributed by atoms with Crippen LogP contribution in [0.4, 0.5) is 4.39 Å². The van der Waals surface area contributed by atoms with Gasteiger partial charge in [-0.2, -0.15) is 0 Å². The molecule has 21 heteroatoms. The van der Waals surface area contributed by atoms with Crippen molar-refractivity contribution in [3.05, 3.63) is 527 Å². The predicted octanol–water partition coefficient (Wildman–Crippen LogP) is 30.7. The number of nitrogens with zero attached hydrogens (tertiary/aromatic N) is 9. The smallest absolute Gasteiger partial charge is 0.155 e. The summed E-state index contributed by atoms with van der Waals surface area (Å²) < 4.78 is 25.3. The average Bonchev–Trinajstić information content (AvgIpc) is 1.63. The van der Waals surface area contributed by atoms with Crippen molar-refractivity contribution in [1.29, 1.82) is 0 Å². The summed E-state index contributed by atoms with van der Waals surface area (Å²) in [6, 6.07) is 148. The van der Waals surface area contributed by atoms with Gasteiger partial charge in [-0.15, -0.1) is 233 Å². The molecule has 0 saturated carbocycles. The van der Waals surface area contributed by atoms with Gasteiger partial charge in [-0.1, -0.05) is 216 Å². The number of aryl methyl sites for hydroxylation is 3. The van der Waals surface area contributed by atoms with E-state index in [0.717, 1.165) is 161 Å². The van der Waals surface area contributed by atoms with Crippen LogP contribution in [0.3, 0.4) is 0 Å². The van der Waals surface area contributed by atoms with E-state index in [1.807, 2.05) is 334 Å². The maximum atomic E-state index is 13.3. The number of benzene rings is 12. The van der Waals surface area contributed by atoms with E-state index in [4.69, 9.17) is 19.0 Å². The molecule has 0 unspecified atom stereocenters. The minimum Gasteiger partial charge on any atom is -0.512 e. The molecule has 741 valence electrons. The van der Waals surface area contributed by atoms with E-state index >= 15 is 0 Å². The van der Waals surface area contributed by atoms with Crippen LogP contribution in [0, 0.1) is 75.1 Å². The molecule has 5 radical (unpaired) electrons. The molecule has 0 saturated heterocycles. The van der Waals surface area contributed by atoms with E-state index in [1.54, 1.807) is 56.4 Å². The fourth-order valence-electron chi connectivity index (χ4n) is 14.7. The first-order valence-electron chi connectivity index (χ1n) is 45.5. The van der Waals surface area contributed by atoms with E-state index in [2.05, 4.69) is 150 Å². The Hall–Kier alpha value is -15.3. The van der Waals surface area contributed by atoms with Gasteiger partial charge in [-0.05, 0) is 164 Å². The van der Waals surface area contributed by atoms with Crippen molar-refractivity contribution >= 4 is 77.0 Å². The zero-order valence-corrected chi connectivity index (χ0v) is 92.7. The summed E-state index contributed by atoms with van der Waals surface area (Å²) >= 11 is 0. The van der Waals surface area contributed by atoms with Crippen LogP contribution in [0.2, 0.25) is 0 Å². The van der Waals surface area contributed by atoms with Crippen LogP contribution in [-0.2, 0) is 110 Å². The molecule has 11 heterocycles. The number of para-hydroxylation sites is 2. The van der Waals surface area contributed by atoms with E-state index < -0.39 is 0 Å². The molecule has 0 aliphatic rings. The van der Waals surface area contributed by atoms with Gasteiger partial charge < -0.3 is 53.9 Å². The molecule has 0 amide bonds. The number of halogens is 1. The van der Waals surface area contributed by atoms with Gasteiger partial charge in [-0.25, -0.2) is 0 Å². The Morgan fingerprint density at radius 3 is 1.08 bits per heavy atom. The molecule has 0 fully saturated rings. The number of aliphatic hydroxyl groups excluding tert-OH is 2. The third-order valence-corrected chi connectivity index (χ3v) is 21.2.